The quantitative estimate of drug-likeness (QED) is 0.268. The molecule has 0 bridgehead atoms. The van der Waals surface area contributed by atoms with Crippen LogP contribution in [0.3, 0.4) is 0 Å². The van der Waals surface area contributed by atoms with E-state index in [1.54, 1.807) is 7.11 Å². The maximum absolute atomic E-state index is 5.62. The second-order valence-electron chi connectivity index (χ2n) is 3.51. The molecule has 0 aromatic carbocycles. The van der Waals surface area contributed by atoms with Gasteiger partial charge in [0.15, 0.2) is 5.96 Å². The van der Waals surface area contributed by atoms with Crippen molar-refractivity contribution in [2.45, 2.75) is 26.2 Å². The smallest absolute Gasteiger partial charge is 0.188 e. The van der Waals surface area contributed by atoms with Gasteiger partial charge in [0.1, 0.15) is 0 Å². The van der Waals surface area contributed by atoms with Crippen LogP contribution in [0.25, 0.3) is 0 Å². The van der Waals surface area contributed by atoms with E-state index in [1.807, 2.05) is 0 Å². The van der Waals surface area contributed by atoms with E-state index in [1.165, 1.54) is 6.42 Å². The predicted octanol–water partition coefficient (Wildman–Crippen LogP) is 1.36. The molecule has 0 fully saturated rings. The van der Waals surface area contributed by atoms with E-state index in [0.29, 0.717) is 25.7 Å². The molecule has 0 rings (SSSR count). The lowest BCUT2D eigenvalue weighted by atomic mass is 10.4. The molecular weight excluding hydrogens is 333 g/mol. The van der Waals surface area contributed by atoms with Crippen molar-refractivity contribution in [1.29, 1.82) is 0 Å². The third-order valence-electron chi connectivity index (χ3n) is 1.98. The molecule has 0 aliphatic rings. The molecule has 0 radical (unpaired) electrons. The summed E-state index contributed by atoms with van der Waals surface area (Å²) in [6, 6.07) is 0. The minimum atomic E-state index is 0. The summed E-state index contributed by atoms with van der Waals surface area (Å²) in [5, 5.41) is 2.96. The van der Waals surface area contributed by atoms with Crippen LogP contribution in [0.15, 0.2) is 4.99 Å². The second-order valence-corrected chi connectivity index (χ2v) is 3.51. The van der Waals surface area contributed by atoms with Crippen LogP contribution in [0.5, 0.6) is 0 Å². The summed E-state index contributed by atoms with van der Waals surface area (Å²) < 4.78 is 10.3. The summed E-state index contributed by atoms with van der Waals surface area (Å²) in [5.41, 5.74) is 5.62. The fourth-order valence-electron chi connectivity index (χ4n) is 1.05. The van der Waals surface area contributed by atoms with Crippen LogP contribution in [0.2, 0.25) is 0 Å². The van der Waals surface area contributed by atoms with Gasteiger partial charge in [-0.05, 0) is 12.8 Å². The highest BCUT2D eigenvalue weighted by Crippen LogP contribution is 1.90. The molecule has 3 N–H and O–H groups in total. The summed E-state index contributed by atoms with van der Waals surface area (Å²) in [6.45, 7) is 5.80. The lowest BCUT2D eigenvalue weighted by molar-refractivity contribution is 0.130. The molecule has 0 saturated carbocycles. The highest BCUT2D eigenvalue weighted by Gasteiger charge is 1.91. The predicted molar refractivity (Wildman–Crippen MR) is 82.1 cm³/mol. The number of halogens is 1. The molecule has 0 atom stereocenters. The standard InChI is InChI=1S/C11H25N3O2.HI/c1-3-4-8-16-9-5-6-13-11(12)14-7-10-15-2;/h3-10H2,1-2H3,(H3,12,13,14);1H. The monoisotopic (exact) mass is 359 g/mol. The Morgan fingerprint density at radius 1 is 1.24 bits per heavy atom. The number of hydrogen-bond donors (Lipinski definition) is 2. The Morgan fingerprint density at radius 3 is 2.59 bits per heavy atom. The molecule has 17 heavy (non-hydrogen) atoms. The number of rotatable bonds is 10. The number of ether oxygens (including phenoxy) is 2. The van der Waals surface area contributed by atoms with Gasteiger partial charge in [-0.1, -0.05) is 13.3 Å². The van der Waals surface area contributed by atoms with Crippen molar-refractivity contribution in [3.63, 3.8) is 0 Å². The van der Waals surface area contributed by atoms with E-state index in [0.717, 1.165) is 26.1 Å². The van der Waals surface area contributed by atoms with Crippen LogP contribution >= 0.6 is 24.0 Å². The largest absolute Gasteiger partial charge is 0.383 e. The summed E-state index contributed by atoms with van der Waals surface area (Å²) >= 11 is 0. The van der Waals surface area contributed by atoms with Gasteiger partial charge in [-0.3, -0.25) is 4.99 Å². The van der Waals surface area contributed by atoms with Crippen LogP contribution in [0.4, 0.5) is 0 Å². The minimum Gasteiger partial charge on any atom is -0.383 e. The van der Waals surface area contributed by atoms with E-state index < -0.39 is 0 Å². The zero-order valence-corrected chi connectivity index (χ0v) is 13.2. The Labute approximate surface area is 122 Å². The number of aliphatic imine (C=N–C) groups is 1. The number of hydrogen-bond acceptors (Lipinski definition) is 3. The zero-order valence-electron chi connectivity index (χ0n) is 10.9. The Balaban J connectivity index is 0. The topological polar surface area (TPSA) is 68.9 Å². The molecule has 0 aliphatic heterocycles. The van der Waals surface area contributed by atoms with Gasteiger partial charge in [0.05, 0.1) is 6.61 Å². The molecule has 5 nitrogen and oxygen atoms in total. The third-order valence-corrected chi connectivity index (χ3v) is 1.98. The van der Waals surface area contributed by atoms with Crippen LogP contribution in [-0.2, 0) is 9.47 Å². The van der Waals surface area contributed by atoms with E-state index >= 15 is 0 Å². The number of nitrogens with zero attached hydrogens (tertiary/aromatic N) is 1. The first-order valence-corrected chi connectivity index (χ1v) is 5.91. The van der Waals surface area contributed by atoms with Crippen LogP contribution < -0.4 is 11.1 Å². The molecule has 0 aromatic rings. The Morgan fingerprint density at radius 2 is 1.94 bits per heavy atom. The highest BCUT2D eigenvalue weighted by atomic mass is 127. The molecule has 104 valence electrons. The first-order valence-electron chi connectivity index (χ1n) is 5.91. The maximum Gasteiger partial charge on any atom is 0.188 e. The lowest BCUT2D eigenvalue weighted by Gasteiger charge is -2.04. The Hall–Kier alpha value is -0.0800. The average Bonchev–Trinajstić information content (AvgIpc) is 2.28. The average molecular weight is 359 g/mol. The number of methoxy groups -OCH3 is 1. The van der Waals surface area contributed by atoms with Gasteiger partial charge >= 0.3 is 0 Å². The van der Waals surface area contributed by atoms with Crippen LogP contribution in [0.1, 0.15) is 26.2 Å². The van der Waals surface area contributed by atoms with Gasteiger partial charge in [-0.25, -0.2) is 0 Å². The highest BCUT2D eigenvalue weighted by molar-refractivity contribution is 14.0. The molecule has 6 heteroatoms. The fraction of sp³-hybridized carbons (Fsp3) is 0.909. The first-order chi connectivity index (χ1) is 7.81. The van der Waals surface area contributed by atoms with Crippen molar-refractivity contribution < 1.29 is 9.47 Å². The molecule has 0 amide bonds. The molecule has 0 spiro atoms. The van der Waals surface area contributed by atoms with Crippen molar-refractivity contribution in [2.24, 2.45) is 10.7 Å². The Bertz CT molecular complexity index is 180. The number of nitrogens with one attached hydrogen (secondary N) is 1. The molecule has 0 unspecified atom stereocenters. The summed E-state index contributed by atoms with van der Waals surface area (Å²) in [5.74, 6) is 0.477. The van der Waals surface area contributed by atoms with Gasteiger partial charge in [0.2, 0.25) is 0 Å². The van der Waals surface area contributed by atoms with E-state index in [4.69, 9.17) is 15.2 Å². The molecular formula is C11H26IN3O2. The maximum atomic E-state index is 5.62. The zero-order chi connectivity index (χ0) is 12.1. The fourth-order valence-corrected chi connectivity index (χ4v) is 1.05. The number of unbranched alkanes of at least 4 members (excludes halogenated alkanes) is 1. The van der Waals surface area contributed by atoms with Crippen molar-refractivity contribution in [3.05, 3.63) is 0 Å². The summed E-state index contributed by atoms with van der Waals surface area (Å²) in [6.07, 6.45) is 3.22. The normalized spacial score (nSPS) is 11.1. The molecule has 0 aromatic heterocycles. The van der Waals surface area contributed by atoms with Crippen molar-refractivity contribution >= 4 is 29.9 Å². The third kappa shape index (κ3) is 15.9. The minimum absolute atomic E-state index is 0. The first kappa shape index (κ1) is 19.3. The lowest BCUT2D eigenvalue weighted by Crippen LogP contribution is -2.34. The van der Waals surface area contributed by atoms with Crippen LogP contribution in [0, 0.1) is 0 Å². The molecule has 0 aliphatic carbocycles. The second kappa shape index (κ2) is 15.9. The van der Waals surface area contributed by atoms with Crippen LogP contribution in [-0.4, -0.2) is 46.0 Å². The van der Waals surface area contributed by atoms with Crippen molar-refractivity contribution in [3.8, 4) is 0 Å². The van der Waals surface area contributed by atoms with E-state index in [-0.39, 0.29) is 24.0 Å². The summed E-state index contributed by atoms with van der Waals surface area (Å²) in [4.78, 5) is 4.16. The number of guanidine groups is 1. The van der Waals surface area contributed by atoms with Gasteiger partial charge in [-0.2, -0.15) is 0 Å². The summed E-state index contributed by atoms with van der Waals surface area (Å²) in [7, 11) is 1.66. The van der Waals surface area contributed by atoms with E-state index in [9.17, 15) is 0 Å². The van der Waals surface area contributed by atoms with Gasteiger partial charge in [0, 0.05) is 33.4 Å². The van der Waals surface area contributed by atoms with Gasteiger partial charge in [0.25, 0.3) is 0 Å². The van der Waals surface area contributed by atoms with Gasteiger partial charge < -0.3 is 20.5 Å². The SMILES string of the molecule is CCCCOCCCN=C(N)NCCOC.I. The van der Waals surface area contributed by atoms with Gasteiger partial charge in [-0.15, -0.1) is 24.0 Å². The van der Waals surface area contributed by atoms with Crippen molar-refractivity contribution in [1.82, 2.24) is 5.32 Å². The number of nitrogens with two attached hydrogens (primary N) is 1. The van der Waals surface area contributed by atoms with E-state index in [2.05, 4.69) is 17.2 Å². The molecule has 0 heterocycles. The Kier molecular flexibility index (Phi) is 18.0. The van der Waals surface area contributed by atoms with Crippen molar-refractivity contribution in [2.75, 3.05) is 40.0 Å². The molecule has 0 saturated heterocycles.